The quantitative estimate of drug-likeness (QED) is 0.153. The molecule has 0 atom stereocenters. The van der Waals surface area contributed by atoms with Gasteiger partial charge in [0.25, 0.3) is 0 Å². The lowest BCUT2D eigenvalue weighted by Gasteiger charge is -2.39. The largest absolute Gasteiger partial charge is 0.382 e. The van der Waals surface area contributed by atoms with Gasteiger partial charge in [0.2, 0.25) is 0 Å². The van der Waals surface area contributed by atoms with Crippen molar-refractivity contribution in [3.05, 3.63) is 89.3 Å². The van der Waals surface area contributed by atoms with Crippen molar-refractivity contribution < 1.29 is 0 Å². The topological polar surface area (TPSA) is 144 Å². The third-order valence-corrected chi connectivity index (χ3v) is 6.90. The van der Waals surface area contributed by atoms with Gasteiger partial charge < -0.3 is 21.3 Å². The Balaban J connectivity index is 1.40. The maximum Gasteiger partial charge on any atom is 0.167 e. The van der Waals surface area contributed by atoms with E-state index in [9.17, 15) is 0 Å². The van der Waals surface area contributed by atoms with E-state index in [-0.39, 0.29) is 5.84 Å². The molecule has 0 spiro atoms. The molecule has 0 saturated heterocycles. The van der Waals surface area contributed by atoms with Gasteiger partial charge in [-0.3, -0.25) is 10.0 Å². The van der Waals surface area contributed by atoms with Crippen molar-refractivity contribution in [1.82, 2.24) is 10.3 Å². The van der Waals surface area contributed by atoms with Crippen LogP contribution < -0.4 is 27.1 Å². The van der Waals surface area contributed by atoms with Crippen LogP contribution in [0.25, 0.3) is 0 Å². The molecule has 176 valence electrons. The van der Waals surface area contributed by atoms with E-state index < -0.39 is 0 Å². The van der Waals surface area contributed by atoms with E-state index in [1.54, 1.807) is 5.01 Å². The van der Waals surface area contributed by atoms with Gasteiger partial charge >= 0.3 is 0 Å². The predicted molar refractivity (Wildman–Crippen MR) is 137 cm³/mol. The Morgan fingerprint density at radius 3 is 2.71 bits per heavy atom. The summed E-state index contributed by atoms with van der Waals surface area (Å²) in [6.07, 6.45) is 6.00. The molecule has 0 unspecified atom stereocenters. The maximum absolute atomic E-state index is 7.00. The average molecular weight is 467 g/mol. The normalized spacial score (nSPS) is 21.5. The molecule has 2 aromatic rings. The van der Waals surface area contributed by atoms with Crippen molar-refractivity contribution in [2.24, 2.45) is 26.9 Å². The third kappa shape index (κ3) is 3.46. The summed E-state index contributed by atoms with van der Waals surface area (Å²) in [4.78, 5) is 7.12. The number of amidine groups is 1. The highest BCUT2D eigenvalue weighted by molar-refractivity contribution is 6.06. The first-order valence-electron chi connectivity index (χ1n) is 11.6. The van der Waals surface area contributed by atoms with Crippen LogP contribution in [0.3, 0.4) is 0 Å². The van der Waals surface area contributed by atoms with E-state index in [0.717, 1.165) is 53.6 Å². The number of aliphatic imine (C=N–C) groups is 1. The molecular weight excluding hydrogens is 440 g/mol. The van der Waals surface area contributed by atoms with Crippen molar-refractivity contribution >= 4 is 28.6 Å². The summed E-state index contributed by atoms with van der Waals surface area (Å²) in [7, 11) is 0. The zero-order valence-electron chi connectivity index (χ0n) is 19.1. The standard InChI is InChI=1S/C25H26N10/c1-14-11-20(21-12-15-5-2-3-8-18(15)29-21)31-25(35(14)28)24-30-19-10-9-16(23(26)32-33-27)13-22(19)34(24)17-6-4-7-17/h2-3,5,8-11,13,17,30-31H,1,4,6-7,12,28H2,(H3,26,27,32)/b25-24+. The molecule has 0 amide bonds. The highest BCUT2D eigenvalue weighted by atomic mass is 15.5. The van der Waals surface area contributed by atoms with E-state index in [0.29, 0.717) is 23.1 Å². The van der Waals surface area contributed by atoms with Gasteiger partial charge in [-0.05, 0) is 55.2 Å². The summed E-state index contributed by atoms with van der Waals surface area (Å²) < 4.78 is 0. The molecule has 7 N–H and O–H groups in total. The van der Waals surface area contributed by atoms with Crippen molar-refractivity contribution in [3.63, 3.8) is 0 Å². The van der Waals surface area contributed by atoms with Crippen LogP contribution >= 0.6 is 0 Å². The second-order valence-corrected chi connectivity index (χ2v) is 9.00. The van der Waals surface area contributed by atoms with Gasteiger partial charge in [0.1, 0.15) is 0 Å². The van der Waals surface area contributed by atoms with Crippen molar-refractivity contribution in [1.29, 1.82) is 5.53 Å². The molecule has 0 aromatic heterocycles. The first-order chi connectivity index (χ1) is 17.0. The lowest BCUT2D eigenvalue weighted by atomic mass is 9.91. The molecule has 2 aromatic carbocycles. The molecule has 1 fully saturated rings. The molecule has 1 aliphatic carbocycles. The number of rotatable bonds is 4. The third-order valence-electron chi connectivity index (χ3n) is 6.90. The second-order valence-electron chi connectivity index (χ2n) is 9.00. The van der Waals surface area contributed by atoms with Crippen LogP contribution in [0.4, 0.5) is 17.1 Å². The summed E-state index contributed by atoms with van der Waals surface area (Å²) in [6.45, 7) is 4.19. The Morgan fingerprint density at radius 1 is 1.14 bits per heavy atom. The fourth-order valence-electron chi connectivity index (χ4n) is 4.84. The first-order valence-corrected chi connectivity index (χ1v) is 11.6. The summed E-state index contributed by atoms with van der Waals surface area (Å²) in [5.74, 6) is 8.27. The van der Waals surface area contributed by atoms with Gasteiger partial charge in [0.15, 0.2) is 17.5 Å². The van der Waals surface area contributed by atoms with Gasteiger partial charge in [0.05, 0.1) is 34.2 Å². The fourth-order valence-corrected chi connectivity index (χ4v) is 4.84. The van der Waals surface area contributed by atoms with Crippen LogP contribution in [0.1, 0.15) is 30.4 Å². The molecule has 10 nitrogen and oxygen atoms in total. The Morgan fingerprint density at radius 2 is 1.97 bits per heavy atom. The zero-order valence-corrected chi connectivity index (χ0v) is 19.1. The number of allylic oxidation sites excluding steroid dienone is 2. The number of nitrogens with zero attached hydrogens (tertiary/aromatic N) is 5. The summed E-state index contributed by atoms with van der Waals surface area (Å²) in [6, 6.07) is 14.3. The molecule has 10 heteroatoms. The second kappa shape index (κ2) is 8.10. The number of hydrazine groups is 1. The number of anilines is 2. The van der Waals surface area contributed by atoms with Gasteiger partial charge in [-0.15, -0.1) is 5.10 Å². The molecule has 0 radical (unpaired) electrons. The summed E-state index contributed by atoms with van der Waals surface area (Å²) in [5.41, 5.74) is 20.4. The minimum atomic E-state index is 0.200. The van der Waals surface area contributed by atoms with Crippen molar-refractivity contribution in [2.75, 3.05) is 10.2 Å². The van der Waals surface area contributed by atoms with Gasteiger partial charge in [-0.2, -0.15) is 5.53 Å². The molecule has 0 bridgehead atoms. The number of benzene rings is 2. The molecule has 6 rings (SSSR count). The number of nitrogens with two attached hydrogens (primary N) is 2. The van der Waals surface area contributed by atoms with Crippen molar-refractivity contribution in [2.45, 2.75) is 31.7 Å². The average Bonchev–Trinajstić information content (AvgIpc) is 3.41. The highest BCUT2D eigenvalue weighted by Gasteiger charge is 2.38. The minimum absolute atomic E-state index is 0.200. The van der Waals surface area contributed by atoms with Crippen LogP contribution in [0.5, 0.6) is 0 Å². The molecule has 4 aliphatic rings. The number of nitrogens with one attached hydrogen (secondary N) is 3. The molecule has 1 saturated carbocycles. The number of hydrogen-bond acceptors (Lipinski definition) is 8. The van der Waals surface area contributed by atoms with Crippen LogP contribution in [0, 0.1) is 5.53 Å². The van der Waals surface area contributed by atoms with Crippen LogP contribution in [0.15, 0.2) is 93.5 Å². The van der Waals surface area contributed by atoms with Gasteiger partial charge in [0, 0.05) is 18.0 Å². The van der Waals surface area contributed by atoms with E-state index >= 15 is 0 Å². The predicted octanol–water partition coefficient (Wildman–Crippen LogP) is 3.75. The van der Waals surface area contributed by atoms with Gasteiger partial charge in [-0.25, -0.2) is 5.84 Å². The SMILES string of the molecule is C=C1C=C(C2=Nc3ccccc3C2)N/C(=C2/Nc3ccc(C(N)=NN=N)cc3N2C2CCC2)N1N. The molecule has 3 heterocycles. The number of fused-ring (bicyclic) bond motifs is 2. The Hall–Kier alpha value is -4.44. The van der Waals surface area contributed by atoms with E-state index in [4.69, 9.17) is 22.1 Å². The maximum atomic E-state index is 7.00. The summed E-state index contributed by atoms with van der Waals surface area (Å²) in [5, 5.41) is 15.4. The number of hydrogen-bond donors (Lipinski definition) is 5. The minimum Gasteiger partial charge on any atom is -0.382 e. The highest BCUT2D eigenvalue weighted by Crippen LogP contribution is 2.44. The summed E-state index contributed by atoms with van der Waals surface area (Å²) >= 11 is 0. The van der Waals surface area contributed by atoms with Crippen molar-refractivity contribution in [3.8, 4) is 0 Å². The Kier molecular flexibility index (Phi) is 4.89. The first kappa shape index (κ1) is 21.1. The molecular formula is C25H26N10. The van der Waals surface area contributed by atoms with Gasteiger partial charge in [-0.1, -0.05) is 30.0 Å². The zero-order chi connectivity index (χ0) is 24.1. The lowest BCUT2D eigenvalue weighted by molar-refractivity contribution is 0.386. The molecule has 35 heavy (non-hydrogen) atoms. The Bertz CT molecular complexity index is 1380. The van der Waals surface area contributed by atoms with E-state index in [1.165, 1.54) is 12.0 Å². The Labute approximate surface area is 202 Å². The van der Waals surface area contributed by atoms with E-state index in [1.807, 2.05) is 42.5 Å². The monoisotopic (exact) mass is 466 g/mol. The van der Waals surface area contributed by atoms with E-state index in [2.05, 4.69) is 38.5 Å². The molecule has 3 aliphatic heterocycles. The van der Waals surface area contributed by atoms with Crippen LogP contribution in [0.2, 0.25) is 0 Å². The van der Waals surface area contributed by atoms with Crippen LogP contribution in [-0.2, 0) is 6.42 Å². The fraction of sp³-hybridized carbons (Fsp3) is 0.200. The lowest BCUT2D eigenvalue weighted by Crippen LogP contribution is -2.47. The smallest absolute Gasteiger partial charge is 0.167 e. The van der Waals surface area contributed by atoms with Crippen LogP contribution in [-0.4, -0.2) is 22.6 Å². The number of para-hydroxylation sites is 1.